The summed E-state index contributed by atoms with van der Waals surface area (Å²) in [5.41, 5.74) is 5.12. The predicted octanol–water partition coefficient (Wildman–Crippen LogP) is 7.24. The second kappa shape index (κ2) is 11.3. The Labute approximate surface area is 206 Å². The van der Waals surface area contributed by atoms with Crippen LogP contribution in [0.2, 0.25) is 0 Å². The van der Waals surface area contributed by atoms with Crippen molar-refractivity contribution in [3.63, 3.8) is 0 Å². The SMILES string of the molecule is CCN(Cc1cccc(/C=C/Cc2nc(-c3ccccc3)oc2C)c1)C(=O)Oc1ccc(C)cc1. The first kappa shape index (κ1) is 24.0. The zero-order valence-corrected chi connectivity index (χ0v) is 20.4. The van der Waals surface area contributed by atoms with E-state index in [0.29, 0.717) is 31.2 Å². The molecular formula is C30H30N2O3. The molecule has 5 nitrogen and oxygen atoms in total. The molecule has 4 aromatic rings. The number of allylic oxidation sites excluding steroid dienone is 1. The molecule has 0 atom stereocenters. The van der Waals surface area contributed by atoms with Gasteiger partial charge in [-0.05, 0) is 62.2 Å². The molecule has 3 aromatic carbocycles. The van der Waals surface area contributed by atoms with E-state index in [-0.39, 0.29) is 6.09 Å². The van der Waals surface area contributed by atoms with Crippen LogP contribution >= 0.6 is 0 Å². The molecule has 1 aromatic heterocycles. The van der Waals surface area contributed by atoms with Crippen molar-refractivity contribution >= 4 is 12.2 Å². The van der Waals surface area contributed by atoms with Gasteiger partial charge in [0.2, 0.25) is 5.89 Å². The van der Waals surface area contributed by atoms with Crippen LogP contribution in [0.15, 0.2) is 89.4 Å². The highest BCUT2D eigenvalue weighted by atomic mass is 16.6. The van der Waals surface area contributed by atoms with Crippen molar-refractivity contribution in [1.29, 1.82) is 0 Å². The molecule has 0 aliphatic rings. The Morgan fingerprint density at radius 3 is 2.51 bits per heavy atom. The summed E-state index contributed by atoms with van der Waals surface area (Å²) in [6, 6.07) is 25.5. The average molecular weight is 467 g/mol. The number of nitrogens with zero attached hydrogens (tertiary/aromatic N) is 2. The highest BCUT2D eigenvalue weighted by Gasteiger charge is 2.15. The zero-order chi connectivity index (χ0) is 24.6. The maximum absolute atomic E-state index is 12.7. The molecule has 5 heteroatoms. The van der Waals surface area contributed by atoms with Crippen molar-refractivity contribution in [2.24, 2.45) is 0 Å². The second-order valence-corrected chi connectivity index (χ2v) is 8.43. The highest BCUT2D eigenvalue weighted by molar-refractivity contribution is 5.70. The van der Waals surface area contributed by atoms with Gasteiger partial charge in [0, 0.05) is 25.1 Å². The summed E-state index contributed by atoms with van der Waals surface area (Å²) in [5.74, 6) is 2.02. The minimum Gasteiger partial charge on any atom is -0.441 e. The maximum Gasteiger partial charge on any atom is 0.415 e. The molecule has 0 radical (unpaired) electrons. The van der Waals surface area contributed by atoms with E-state index in [9.17, 15) is 4.79 Å². The topological polar surface area (TPSA) is 55.6 Å². The number of aryl methyl sites for hydroxylation is 2. The number of hydrogen-bond donors (Lipinski definition) is 0. The molecule has 1 heterocycles. The smallest absolute Gasteiger partial charge is 0.415 e. The lowest BCUT2D eigenvalue weighted by atomic mass is 10.1. The number of aromatic nitrogens is 1. The third kappa shape index (κ3) is 6.48. The number of ether oxygens (including phenoxy) is 1. The van der Waals surface area contributed by atoms with Crippen LogP contribution in [-0.4, -0.2) is 22.5 Å². The fourth-order valence-electron chi connectivity index (χ4n) is 3.72. The fraction of sp³-hybridized carbons (Fsp3) is 0.200. The number of amides is 1. The summed E-state index contributed by atoms with van der Waals surface area (Å²) in [7, 11) is 0. The molecule has 35 heavy (non-hydrogen) atoms. The predicted molar refractivity (Wildman–Crippen MR) is 139 cm³/mol. The first-order chi connectivity index (χ1) is 17.0. The minimum atomic E-state index is -0.354. The van der Waals surface area contributed by atoms with Crippen LogP contribution in [0.4, 0.5) is 4.79 Å². The molecule has 0 saturated heterocycles. The molecule has 4 rings (SSSR count). The molecule has 0 N–H and O–H groups in total. The van der Waals surface area contributed by atoms with Crippen molar-refractivity contribution in [3.8, 4) is 17.2 Å². The summed E-state index contributed by atoms with van der Waals surface area (Å²) in [6.07, 6.45) is 4.48. The number of carbonyl (C=O) groups excluding carboxylic acids is 1. The van der Waals surface area contributed by atoms with Crippen molar-refractivity contribution < 1.29 is 13.9 Å². The zero-order valence-electron chi connectivity index (χ0n) is 20.4. The van der Waals surface area contributed by atoms with E-state index in [1.165, 1.54) is 0 Å². The van der Waals surface area contributed by atoms with E-state index >= 15 is 0 Å². The van der Waals surface area contributed by atoms with E-state index in [1.807, 2.05) is 93.6 Å². The van der Waals surface area contributed by atoms with E-state index < -0.39 is 0 Å². The first-order valence-corrected chi connectivity index (χ1v) is 11.8. The Balaban J connectivity index is 1.38. The second-order valence-electron chi connectivity index (χ2n) is 8.43. The molecule has 0 aliphatic carbocycles. The lowest BCUT2D eigenvalue weighted by Gasteiger charge is -2.20. The minimum absolute atomic E-state index is 0.354. The highest BCUT2D eigenvalue weighted by Crippen LogP contribution is 2.22. The lowest BCUT2D eigenvalue weighted by Crippen LogP contribution is -2.32. The van der Waals surface area contributed by atoms with Crippen LogP contribution in [0.25, 0.3) is 17.5 Å². The standard InChI is InChI=1S/C30H30N2O3/c1-4-32(30(33)35-27-18-16-22(2)17-19-27)21-25-12-8-10-24(20-25)11-9-15-28-23(3)34-29(31-28)26-13-6-5-7-14-26/h5-14,16-20H,4,15,21H2,1-3H3/b11-9+. The van der Waals surface area contributed by atoms with Gasteiger partial charge < -0.3 is 14.1 Å². The summed E-state index contributed by atoms with van der Waals surface area (Å²) in [4.78, 5) is 19.0. The van der Waals surface area contributed by atoms with Gasteiger partial charge in [-0.3, -0.25) is 0 Å². The van der Waals surface area contributed by atoms with Crippen molar-refractivity contribution in [2.75, 3.05) is 6.54 Å². The Morgan fingerprint density at radius 1 is 1.00 bits per heavy atom. The fourth-order valence-corrected chi connectivity index (χ4v) is 3.72. The van der Waals surface area contributed by atoms with Crippen LogP contribution in [-0.2, 0) is 13.0 Å². The molecule has 178 valence electrons. The largest absolute Gasteiger partial charge is 0.441 e. The third-order valence-corrected chi connectivity index (χ3v) is 5.73. The molecule has 0 unspecified atom stereocenters. The summed E-state index contributed by atoms with van der Waals surface area (Å²) in [5, 5.41) is 0. The first-order valence-electron chi connectivity index (χ1n) is 11.8. The van der Waals surface area contributed by atoms with Gasteiger partial charge in [0.25, 0.3) is 0 Å². The van der Waals surface area contributed by atoms with E-state index in [0.717, 1.165) is 33.7 Å². The summed E-state index contributed by atoms with van der Waals surface area (Å²) >= 11 is 0. The van der Waals surface area contributed by atoms with Crippen molar-refractivity contribution in [1.82, 2.24) is 9.88 Å². The van der Waals surface area contributed by atoms with Crippen LogP contribution in [0.3, 0.4) is 0 Å². The van der Waals surface area contributed by atoms with Gasteiger partial charge >= 0.3 is 6.09 Å². The Hall–Kier alpha value is -4.12. The van der Waals surface area contributed by atoms with Crippen LogP contribution < -0.4 is 4.74 Å². The van der Waals surface area contributed by atoms with Crippen LogP contribution in [0.5, 0.6) is 5.75 Å². The van der Waals surface area contributed by atoms with Gasteiger partial charge in [-0.2, -0.15) is 0 Å². The average Bonchev–Trinajstić information content (AvgIpc) is 3.25. The Morgan fingerprint density at radius 2 is 1.77 bits per heavy atom. The number of rotatable bonds is 8. The Kier molecular flexibility index (Phi) is 7.78. The van der Waals surface area contributed by atoms with Crippen LogP contribution in [0.1, 0.15) is 35.1 Å². The van der Waals surface area contributed by atoms with E-state index in [4.69, 9.17) is 9.15 Å². The molecule has 0 saturated carbocycles. The number of oxazole rings is 1. The van der Waals surface area contributed by atoms with Gasteiger partial charge in [-0.1, -0.05) is 66.2 Å². The number of carbonyl (C=O) groups is 1. The summed E-state index contributed by atoms with van der Waals surface area (Å²) in [6.45, 7) is 6.92. The summed E-state index contributed by atoms with van der Waals surface area (Å²) < 4.78 is 11.4. The van der Waals surface area contributed by atoms with E-state index in [2.05, 4.69) is 23.2 Å². The molecule has 0 fully saturated rings. The van der Waals surface area contributed by atoms with Crippen LogP contribution in [0, 0.1) is 13.8 Å². The number of hydrogen-bond acceptors (Lipinski definition) is 4. The van der Waals surface area contributed by atoms with E-state index in [1.54, 1.807) is 4.90 Å². The third-order valence-electron chi connectivity index (χ3n) is 5.73. The number of benzene rings is 3. The van der Waals surface area contributed by atoms with Gasteiger partial charge in [0.05, 0.1) is 5.69 Å². The molecule has 0 aliphatic heterocycles. The van der Waals surface area contributed by atoms with Gasteiger partial charge in [-0.15, -0.1) is 0 Å². The molecular weight excluding hydrogens is 436 g/mol. The van der Waals surface area contributed by atoms with Crippen molar-refractivity contribution in [2.45, 2.75) is 33.7 Å². The molecule has 1 amide bonds. The van der Waals surface area contributed by atoms with Gasteiger partial charge in [0.1, 0.15) is 11.5 Å². The molecule has 0 spiro atoms. The van der Waals surface area contributed by atoms with Gasteiger partial charge in [-0.25, -0.2) is 9.78 Å². The monoisotopic (exact) mass is 466 g/mol. The molecule has 0 bridgehead atoms. The lowest BCUT2D eigenvalue weighted by molar-refractivity contribution is 0.152. The normalized spacial score (nSPS) is 11.1. The van der Waals surface area contributed by atoms with Gasteiger partial charge in [0.15, 0.2) is 0 Å². The Bertz CT molecular complexity index is 1290. The quantitative estimate of drug-likeness (QED) is 0.275. The van der Waals surface area contributed by atoms with Crippen molar-refractivity contribution in [3.05, 3.63) is 113 Å². The maximum atomic E-state index is 12.7.